The van der Waals surface area contributed by atoms with Crippen LogP contribution in [0.3, 0.4) is 0 Å². The summed E-state index contributed by atoms with van der Waals surface area (Å²) in [6.07, 6.45) is 0. The van der Waals surface area contributed by atoms with E-state index in [4.69, 9.17) is 9.72 Å². The molecule has 4 nitrogen and oxygen atoms in total. The molecule has 0 saturated carbocycles. The summed E-state index contributed by atoms with van der Waals surface area (Å²) in [5.41, 5.74) is 2.41. The summed E-state index contributed by atoms with van der Waals surface area (Å²) >= 11 is 1.71. The first kappa shape index (κ1) is 15.9. The Hall–Kier alpha value is -1.43. The van der Waals surface area contributed by atoms with Crippen molar-refractivity contribution >= 4 is 16.5 Å². The molecule has 0 aliphatic carbocycles. The number of nitrogens with zero attached hydrogens (tertiary/aromatic N) is 2. The topological polar surface area (TPSA) is 37.4 Å². The van der Waals surface area contributed by atoms with Gasteiger partial charge in [0.25, 0.3) is 0 Å². The predicted octanol–water partition coefficient (Wildman–Crippen LogP) is 2.91. The van der Waals surface area contributed by atoms with Crippen molar-refractivity contribution in [3.63, 3.8) is 0 Å². The summed E-state index contributed by atoms with van der Waals surface area (Å²) in [4.78, 5) is 7.02. The van der Waals surface area contributed by atoms with E-state index >= 15 is 0 Å². The quantitative estimate of drug-likeness (QED) is 0.723. The van der Waals surface area contributed by atoms with E-state index in [0.717, 1.165) is 43.6 Å². The Morgan fingerprint density at radius 3 is 2.81 bits per heavy atom. The maximum atomic E-state index is 5.02. The summed E-state index contributed by atoms with van der Waals surface area (Å²) in [6.45, 7) is 6.40. The molecule has 21 heavy (non-hydrogen) atoms. The number of hydrogen-bond donors (Lipinski definition) is 1. The predicted molar refractivity (Wildman–Crippen MR) is 88.9 cm³/mol. The second kappa shape index (κ2) is 8.77. The van der Waals surface area contributed by atoms with Crippen LogP contribution >= 0.6 is 11.3 Å². The minimum atomic E-state index is 0.728. The second-order valence-corrected chi connectivity index (χ2v) is 5.63. The Kier molecular flexibility index (Phi) is 6.66. The fourth-order valence-corrected chi connectivity index (χ4v) is 2.92. The lowest BCUT2D eigenvalue weighted by molar-refractivity contribution is 0.199. The normalized spacial score (nSPS) is 10.8. The maximum Gasteiger partial charge on any atom is 0.185 e. The number of ether oxygens (including phenoxy) is 1. The molecule has 5 heteroatoms. The van der Waals surface area contributed by atoms with Crippen molar-refractivity contribution in [2.45, 2.75) is 20.0 Å². The number of aromatic nitrogens is 1. The molecule has 0 amide bonds. The van der Waals surface area contributed by atoms with Gasteiger partial charge in [0.1, 0.15) is 0 Å². The van der Waals surface area contributed by atoms with Crippen LogP contribution in [0.1, 0.15) is 18.2 Å². The highest BCUT2D eigenvalue weighted by Crippen LogP contribution is 2.22. The van der Waals surface area contributed by atoms with Crippen LogP contribution in [0.4, 0.5) is 5.13 Å². The standard InChI is InChI=1S/C16H23N3OS/c1-3-19(12-14-7-5-4-6-8-14)16-18-15(13-21-16)11-17-9-10-20-2/h4-8,13,17H,3,9-12H2,1-2H3. The van der Waals surface area contributed by atoms with Gasteiger partial charge in [-0.05, 0) is 12.5 Å². The molecular formula is C16H23N3OS. The molecule has 0 radical (unpaired) electrons. The molecule has 1 heterocycles. The van der Waals surface area contributed by atoms with E-state index < -0.39 is 0 Å². The van der Waals surface area contributed by atoms with Crippen molar-refractivity contribution in [1.82, 2.24) is 10.3 Å². The third-order valence-electron chi connectivity index (χ3n) is 3.20. The third-order valence-corrected chi connectivity index (χ3v) is 4.15. The number of hydrogen-bond acceptors (Lipinski definition) is 5. The van der Waals surface area contributed by atoms with E-state index in [-0.39, 0.29) is 0 Å². The van der Waals surface area contributed by atoms with Gasteiger partial charge in [-0.25, -0.2) is 4.98 Å². The molecule has 1 N–H and O–H groups in total. The van der Waals surface area contributed by atoms with Gasteiger partial charge in [0.2, 0.25) is 0 Å². The summed E-state index contributed by atoms with van der Waals surface area (Å²) in [5, 5.41) is 6.54. The Morgan fingerprint density at radius 1 is 1.29 bits per heavy atom. The van der Waals surface area contributed by atoms with Gasteiger partial charge in [0.15, 0.2) is 5.13 Å². The van der Waals surface area contributed by atoms with E-state index in [2.05, 4.69) is 46.8 Å². The average molecular weight is 305 g/mol. The average Bonchev–Trinajstić information content (AvgIpc) is 2.99. The first-order valence-electron chi connectivity index (χ1n) is 7.26. The Labute approximate surface area is 130 Å². The third kappa shape index (κ3) is 5.12. The molecule has 0 aliphatic heterocycles. The Bertz CT molecular complexity index is 515. The first-order valence-corrected chi connectivity index (χ1v) is 8.14. The number of anilines is 1. The monoisotopic (exact) mass is 305 g/mol. The molecule has 114 valence electrons. The number of rotatable bonds is 9. The minimum absolute atomic E-state index is 0.728. The van der Waals surface area contributed by atoms with Crippen molar-refractivity contribution in [3.8, 4) is 0 Å². The smallest absolute Gasteiger partial charge is 0.185 e. The first-order chi connectivity index (χ1) is 10.3. The van der Waals surface area contributed by atoms with Gasteiger partial charge in [-0.3, -0.25) is 0 Å². The van der Waals surface area contributed by atoms with E-state index in [9.17, 15) is 0 Å². The molecule has 0 saturated heterocycles. The lowest BCUT2D eigenvalue weighted by Gasteiger charge is -2.19. The van der Waals surface area contributed by atoms with Gasteiger partial charge in [-0.1, -0.05) is 30.3 Å². The lowest BCUT2D eigenvalue weighted by atomic mass is 10.2. The fourth-order valence-electron chi connectivity index (χ4n) is 2.03. The van der Waals surface area contributed by atoms with Gasteiger partial charge in [0, 0.05) is 38.7 Å². The van der Waals surface area contributed by atoms with Crippen LogP contribution in [0.5, 0.6) is 0 Å². The molecule has 0 unspecified atom stereocenters. The molecule has 0 spiro atoms. The van der Waals surface area contributed by atoms with Gasteiger partial charge in [-0.15, -0.1) is 11.3 Å². The SMILES string of the molecule is CCN(Cc1ccccc1)c1nc(CNCCOC)cs1. The van der Waals surface area contributed by atoms with Crippen molar-refractivity contribution in [2.75, 3.05) is 31.7 Å². The second-order valence-electron chi connectivity index (χ2n) is 4.79. The van der Waals surface area contributed by atoms with Crippen LogP contribution in [0.25, 0.3) is 0 Å². The molecule has 2 rings (SSSR count). The largest absolute Gasteiger partial charge is 0.383 e. The highest BCUT2D eigenvalue weighted by atomic mass is 32.1. The zero-order valence-corrected chi connectivity index (χ0v) is 13.5. The number of benzene rings is 1. The highest BCUT2D eigenvalue weighted by Gasteiger charge is 2.10. The van der Waals surface area contributed by atoms with E-state index in [1.54, 1.807) is 18.4 Å². The van der Waals surface area contributed by atoms with Crippen LogP contribution in [0.15, 0.2) is 35.7 Å². The molecule has 2 aromatic rings. The number of nitrogens with one attached hydrogen (secondary N) is 1. The zero-order chi connectivity index (χ0) is 14.9. The van der Waals surface area contributed by atoms with Crippen LogP contribution in [-0.4, -0.2) is 31.8 Å². The zero-order valence-electron chi connectivity index (χ0n) is 12.7. The van der Waals surface area contributed by atoms with Crippen molar-refractivity contribution in [2.24, 2.45) is 0 Å². The molecule has 0 fully saturated rings. The van der Waals surface area contributed by atoms with Gasteiger partial charge >= 0.3 is 0 Å². The highest BCUT2D eigenvalue weighted by molar-refractivity contribution is 7.13. The van der Waals surface area contributed by atoms with Gasteiger partial charge < -0.3 is 15.0 Å². The van der Waals surface area contributed by atoms with Crippen LogP contribution < -0.4 is 10.2 Å². The number of thiazole rings is 1. The van der Waals surface area contributed by atoms with Crippen molar-refractivity contribution in [1.29, 1.82) is 0 Å². The fraction of sp³-hybridized carbons (Fsp3) is 0.438. The van der Waals surface area contributed by atoms with Crippen LogP contribution in [0, 0.1) is 0 Å². The van der Waals surface area contributed by atoms with Crippen LogP contribution in [-0.2, 0) is 17.8 Å². The van der Waals surface area contributed by atoms with E-state index in [0.29, 0.717) is 0 Å². The van der Waals surface area contributed by atoms with Crippen LogP contribution in [0.2, 0.25) is 0 Å². The van der Waals surface area contributed by atoms with E-state index in [1.165, 1.54) is 5.56 Å². The van der Waals surface area contributed by atoms with Gasteiger partial charge in [-0.2, -0.15) is 0 Å². The summed E-state index contributed by atoms with van der Waals surface area (Å²) in [5.74, 6) is 0. The van der Waals surface area contributed by atoms with E-state index in [1.807, 2.05) is 6.07 Å². The summed E-state index contributed by atoms with van der Waals surface area (Å²) in [6, 6.07) is 10.5. The molecule has 0 bridgehead atoms. The molecule has 0 atom stereocenters. The summed E-state index contributed by atoms with van der Waals surface area (Å²) in [7, 11) is 1.71. The Morgan fingerprint density at radius 2 is 2.10 bits per heavy atom. The van der Waals surface area contributed by atoms with Crippen molar-refractivity contribution < 1.29 is 4.74 Å². The molecule has 0 aliphatic rings. The minimum Gasteiger partial charge on any atom is -0.383 e. The number of methoxy groups -OCH3 is 1. The lowest BCUT2D eigenvalue weighted by Crippen LogP contribution is -2.22. The molecule has 1 aromatic carbocycles. The van der Waals surface area contributed by atoms with Crippen molar-refractivity contribution in [3.05, 3.63) is 47.0 Å². The molecule has 1 aromatic heterocycles. The maximum absolute atomic E-state index is 5.02. The summed E-state index contributed by atoms with van der Waals surface area (Å²) < 4.78 is 5.02. The Balaban J connectivity index is 1.91. The van der Waals surface area contributed by atoms with Gasteiger partial charge in [0.05, 0.1) is 12.3 Å². The molecular weight excluding hydrogens is 282 g/mol.